The molecule has 1 aliphatic rings. The third-order valence-electron chi connectivity index (χ3n) is 7.26. The van der Waals surface area contributed by atoms with E-state index in [0.29, 0.717) is 21.9 Å². The SMILES string of the molecule is CC(C)(C)OC(=O)NC(Cc1ccc(Br)cc1)C(O)CC(Cc1ccccc1F)C(=O)NC1c2cc(Cl)ccc2OCC1O. The minimum Gasteiger partial charge on any atom is -0.490 e. The van der Waals surface area contributed by atoms with E-state index in [2.05, 4.69) is 26.6 Å². The van der Waals surface area contributed by atoms with Gasteiger partial charge in [-0.25, -0.2) is 9.18 Å². The quantitative estimate of drug-likeness (QED) is 0.211. The van der Waals surface area contributed by atoms with E-state index in [1.165, 1.54) is 6.07 Å². The van der Waals surface area contributed by atoms with Gasteiger partial charge in [-0.2, -0.15) is 0 Å². The monoisotopic (exact) mass is 690 g/mol. The van der Waals surface area contributed by atoms with E-state index in [4.69, 9.17) is 21.1 Å². The highest BCUT2D eigenvalue weighted by atomic mass is 79.9. The summed E-state index contributed by atoms with van der Waals surface area (Å²) in [6, 6.07) is 16.8. The van der Waals surface area contributed by atoms with E-state index in [1.807, 2.05) is 24.3 Å². The van der Waals surface area contributed by atoms with Crippen LogP contribution in [0.25, 0.3) is 0 Å². The topological polar surface area (TPSA) is 117 Å². The highest BCUT2D eigenvalue weighted by Gasteiger charge is 2.35. The number of nitrogens with one attached hydrogen (secondary N) is 2. The summed E-state index contributed by atoms with van der Waals surface area (Å²) in [6.45, 7) is 5.15. The third-order valence-corrected chi connectivity index (χ3v) is 8.02. The largest absolute Gasteiger partial charge is 0.490 e. The average Bonchev–Trinajstić information content (AvgIpc) is 2.95. The number of hydrogen-bond acceptors (Lipinski definition) is 6. The van der Waals surface area contributed by atoms with Gasteiger partial charge in [0.25, 0.3) is 0 Å². The van der Waals surface area contributed by atoms with Crippen LogP contribution >= 0.6 is 27.5 Å². The Morgan fingerprint density at radius 1 is 1.11 bits per heavy atom. The van der Waals surface area contributed by atoms with Gasteiger partial charge >= 0.3 is 6.09 Å². The molecule has 8 nitrogen and oxygen atoms in total. The van der Waals surface area contributed by atoms with Crippen LogP contribution in [0, 0.1) is 11.7 Å². The zero-order valence-corrected chi connectivity index (χ0v) is 27.1. The van der Waals surface area contributed by atoms with Gasteiger partial charge in [-0.3, -0.25) is 4.79 Å². The molecule has 0 spiro atoms. The Kier molecular flexibility index (Phi) is 11.3. The predicted octanol–water partition coefficient (Wildman–Crippen LogP) is 5.90. The fourth-order valence-electron chi connectivity index (χ4n) is 5.10. The van der Waals surface area contributed by atoms with Gasteiger partial charge in [0.05, 0.1) is 18.2 Å². The molecule has 0 aromatic heterocycles. The molecular formula is C33H37BrClFN2O6. The van der Waals surface area contributed by atoms with Crippen LogP contribution in [0.15, 0.2) is 71.2 Å². The molecule has 5 atom stereocenters. The number of alkyl carbamates (subject to hydrolysis) is 1. The van der Waals surface area contributed by atoms with Gasteiger partial charge in [0.15, 0.2) is 0 Å². The zero-order valence-electron chi connectivity index (χ0n) is 24.7. The molecule has 0 fully saturated rings. The number of rotatable bonds is 10. The van der Waals surface area contributed by atoms with E-state index >= 15 is 0 Å². The number of aliphatic hydroxyl groups is 2. The molecule has 11 heteroatoms. The number of hydrogen-bond donors (Lipinski definition) is 4. The number of carbonyl (C=O) groups excluding carboxylic acids is 2. The van der Waals surface area contributed by atoms with Crippen LogP contribution in [0.1, 0.15) is 49.9 Å². The number of ether oxygens (including phenoxy) is 2. The van der Waals surface area contributed by atoms with Crippen molar-refractivity contribution in [1.82, 2.24) is 10.6 Å². The first kappa shape index (κ1) is 33.7. The summed E-state index contributed by atoms with van der Waals surface area (Å²) in [5.74, 6) is -1.45. The second-order valence-corrected chi connectivity index (χ2v) is 13.3. The van der Waals surface area contributed by atoms with Gasteiger partial charge in [-0.15, -0.1) is 0 Å². The Bertz CT molecular complexity index is 1450. The van der Waals surface area contributed by atoms with E-state index in [9.17, 15) is 24.2 Å². The Hall–Kier alpha value is -3.18. The molecule has 0 bridgehead atoms. The molecule has 2 amide bonds. The molecule has 5 unspecified atom stereocenters. The van der Waals surface area contributed by atoms with Gasteiger partial charge in [0.2, 0.25) is 5.91 Å². The Morgan fingerprint density at radius 2 is 1.82 bits per heavy atom. The van der Waals surface area contributed by atoms with Crippen molar-refractivity contribution in [2.75, 3.05) is 6.61 Å². The lowest BCUT2D eigenvalue weighted by Gasteiger charge is -2.33. The van der Waals surface area contributed by atoms with Crippen molar-refractivity contribution in [2.45, 2.75) is 69.9 Å². The van der Waals surface area contributed by atoms with Crippen LogP contribution in [-0.4, -0.2) is 52.7 Å². The highest BCUT2D eigenvalue weighted by Crippen LogP contribution is 2.35. The molecule has 0 radical (unpaired) electrons. The third kappa shape index (κ3) is 9.41. The fraction of sp³-hybridized carbons (Fsp3) is 0.394. The summed E-state index contributed by atoms with van der Waals surface area (Å²) in [5, 5.41) is 28.4. The highest BCUT2D eigenvalue weighted by molar-refractivity contribution is 9.10. The van der Waals surface area contributed by atoms with Crippen LogP contribution in [0.2, 0.25) is 5.02 Å². The van der Waals surface area contributed by atoms with Crippen molar-refractivity contribution in [3.63, 3.8) is 0 Å². The molecule has 3 aromatic carbocycles. The molecule has 4 rings (SSSR count). The number of benzene rings is 3. The molecular weight excluding hydrogens is 655 g/mol. The number of amides is 2. The summed E-state index contributed by atoms with van der Waals surface area (Å²) >= 11 is 9.61. The standard InChI is InChI=1S/C33H37BrClFN2O6/c1-33(2,3)44-32(42)37-26(14-19-8-10-22(34)11-9-19)27(39)16-21(15-20-6-4-5-7-25(20)36)31(41)38-30-24-17-23(35)12-13-29(24)43-18-28(30)40/h4-13,17,21,26-28,30,39-40H,14-16,18H2,1-3H3,(H,37,42)(H,38,41). The van der Waals surface area contributed by atoms with Crippen molar-refractivity contribution in [2.24, 2.45) is 5.92 Å². The van der Waals surface area contributed by atoms with E-state index < -0.39 is 53.6 Å². The summed E-state index contributed by atoms with van der Waals surface area (Å²) in [5.41, 5.74) is 0.867. The van der Waals surface area contributed by atoms with E-state index in [1.54, 1.807) is 57.2 Å². The fourth-order valence-corrected chi connectivity index (χ4v) is 5.55. The van der Waals surface area contributed by atoms with Crippen LogP contribution < -0.4 is 15.4 Å². The molecule has 1 aliphatic heterocycles. The molecule has 0 saturated heterocycles. The first-order chi connectivity index (χ1) is 20.8. The second-order valence-electron chi connectivity index (χ2n) is 11.9. The summed E-state index contributed by atoms with van der Waals surface area (Å²) < 4.78 is 26.7. The number of halogens is 3. The summed E-state index contributed by atoms with van der Waals surface area (Å²) in [6.07, 6.45) is -2.93. The van der Waals surface area contributed by atoms with Crippen LogP contribution in [-0.2, 0) is 22.4 Å². The Balaban J connectivity index is 1.61. The molecule has 0 saturated carbocycles. The van der Waals surface area contributed by atoms with Gasteiger partial charge in [0, 0.05) is 21.0 Å². The molecule has 0 aliphatic carbocycles. The maximum absolute atomic E-state index is 14.8. The van der Waals surface area contributed by atoms with Crippen molar-refractivity contribution < 1.29 is 33.7 Å². The van der Waals surface area contributed by atoms with Crippen molar-refractivity contribution in [1.29, 1.82) is 0 Å². The predicted molar refractivity (Wildman–Crippen MR) is 169 cm³/mol. The van der Waals surface area contributed by atoms with Crippen LogP contribution in [0.5, 0.6) is 5.75 Å². The summed E-state index contributed by atoms with van der Waals surface area (Å²) in [4.78, 5) is 26.7. The maximum atomic E-state index is 14.8. The smallest absolute Gasteiger partial charge is 0.407 e. The first-order valence-corrected chi connectivity index (χ1v) is 15.5. The minimum absolute atomic E-state index is 0.0330. The number of fused-ring (bicyclic) bond motifs is 1. The number of carbonyl (C=O) groups is 2. The minimum atomic E-state index is -1.23. The zero-order chi connectivity index (χ0) is 32.0. The van der Waals surface area contributed by atoms with Crippen molar-refractivity contribution in [3.05, 3.63) is 98.7 Å². The van der Waals surface area contributed by atoms with Crippen molar-refractivity contribution >= 4 is 39.5 Å². The molecule has 4 N–H and O–H groups in total. The molecule has 1 heterocycles. The molecule has 44 heavy (non-hydrogen) atoms. The first-order valence-electron chi connectivity index (χ1n) is 14.3. The maximum Gasteiger partial charge on any atom is 0.407 e. The van der Waals surface area contributed by atoms with Gasteiger partial charge in [0.1, 0.15) is 29.9 Å². The summed E-state index contributed by atoms with van der Waals surface area (Å²) in [7, 11) is 0. The normalized spacial score (nSPS) is 18.3. The lowest BCUT2D eigenvalue weighted by atomic mass is 9.87. The van der Waals surface area contributed by atoms with Crippen molar-refractivity contribution in [3.8, 4) is 5.75 Å². The van der Waals surface area contributed by atoms with Gasteiger partial charge in [-0.05, 0) is 87.6 Å². The van der Waals surface area contributed by atoms with Gasteiger partial charge in [-0.1, -0.05) is 57.9 Å². The Morgan fingerprint density at radius 3 is 2.50 bits per heavy atom. The average molecular weight is 692 g/mol. The van der Waals surface area contributed by atoms with Crippen LogP contribution in [0.3, 0.4) is 0 Å². The molecule has 236 valence electrons. The van der Waals surface area contributed by atoms with Gasteiger partial charge < -0.3 is 30.3 Å². The lowest BCUT2D eigenvalue weighted by Crippen LogP contribution is -2.49. The number of aliphatic hydroxyl groups excluding tert-OH is 2. The van der Waals surface area contributed by atoms with Crippen LogP contribution in [0.4, 0.5) is 9.18 Å². The second kappa shape index (κ2) is 14.7. The lowest BCUT2D eigenvalue weighted by molar-refractivity contribution is -0.128. The van der Waals surface area contributed by atoms with E-state index in [-0.39, 0.29) is 25.9 Å². The van der Waals surface area contributed by atoms with E-state index in [0.717, 1.165) is 10.0 Å². The Labute approximate surface area is 270 Å². The molecule has 3 aromatic rings.